The zero-order valence-electron chi connectivity index (χ0n) is 13.6. The quantitative estimate of drug-likeness (QED) is 0.908. The Hall–Kier alpha value is -2.40. The molecule has 5 heteroatoms. The first kappa shape index (κ1) is 16.5. The molecule has 0 aromatic heterocycles. The smallest absolute Gasteiger partial charge is 0.255 e. The minimum Gasteiger partial charge on any atom is -0.393 e. The lowest BCUT2D eigenvalue weighted by atomic mass is 10.1. The molecule has 0 spiro atoms. The maximum atomic E-state index is 13.5. The average Bonchev–Trinajstić information content (AvgIpc) is 2.60. The molecule has 1 amide bonds. The molecule has 0 unspecified atom stereocenters. The molecule has 1 aliphatic rings. The summed E-state index contributed by atoms with van der Waals surface area (Å²) in [7, 11) is 0. The van der Waals surface area contributed by atoms with Crippen LogP contribution in [-0.4, -0.2) is 30.2 Å². The summed E-state index contributed by atoms with van der Waals surface area (Å²) in [6.07, 6.45) is 1.32. The predicted octanol–water partition coefficient (Wildman–Crippen LogP) is 3.35. The average molecular weight is 328 g/mol. The Balaban J connectivity index is 1.69. The molecular formula is C19H21FN2O2. The van der Waals surface area contributed by atoms with Crippen molar-refractivity contribution in [1.29, 1.82) is 0 Å². The molecule has 4 nitrogen and oxygen atoms in total. The topological polar surface area (TPSA) is 52.6 Å². The van der Waals surface area contributed by atoms with Crippen molar-refractivity contribution in [3.05, 3.63) is 59.4 Å². The van der Waals surface area contributed by atoms with Gasteiger partial charge in [0.15, 0.2) is 0 Å². The van der Waals surface area contributed by atoms with E-state index in [2.05, 4.69) is 10.2 Å². The van der Waals surface area contributed by atoms with Crippen LogP contribution in [0.2, 0.25) is 0 Å². The molecule has 1 heterocycles. The van der Waals surface area contributed by atoms with Crippen molar-refractivity contribution in [2.24, 2.45) is 0 Å². The number of hydrogen-bond donors (Lipinski definition) is 2. The van der Waals surface area contributed by atoms with Crippen molar-refractivity contribution in [3.63, 3.8) is 0 Å². The molecule has 1 saturated heterocycles. The number of carbonyl (C=O) groups excluding carboxylic acids is 1. The lowest BCUT2D eigenvalue weighted by molar-refractivity contribution is 0.102. The molecule has 0 saturated carbocycles. The van der Waals surface area contributed by atoms with E-state index in [4.69, 9.17) is 0 Å². The lowest BCUT2D eigenvalue weighted by Gasteiger charge is -2.31. The van der Waals surface area contributed by atoms with Crippen LogP contribution in [0.25, 0.3) is 0 Å². The van der Waals surface area contributed by atoms with Gasteiger partial charge < -0.3 is 15.3 Å². The van der Waals surface area contributed by atoms with Gasteiger partial charge in [-0.3, -0.25) is 4.79 Å². The number of anilines is 2. The van der Waals surface area contributed by atoms with Gasteiger partial charge in [-0.15, -0.1) is 0 Å². The largest absolute Gasteiger partial charge is 0.393 e. The molecule has 0 bridgehead atoms. The number of halogens is 1. The third kappa shape index (κ3) is 3.57. The van der Waals surface area contributed by atoms with Crippen molar-refractivity contribution < 1.29 is 14.3 Å². The number of nitrogens with zero attached hydrogens (tertiary/aromatic N) is 1. The van der Waals surface area contributed by atoms with Crippen molar-refractivity contribution in [2.75, 3.05) is 23.3 Å². The molecule has 1 fully saturated rings. The van der Waals surface area contributed by atoms with Crippen molar-refractivity contribution in [2.45, 2.75) is 25.9 Å². The van der Waals surface area contributed by atoms with Gasteiger partial charge in [-0.1, -0.05) is 6.07 Å². The number of aliphatic hydroxyl groups excluding tert-OH is 1. The Bertz CT molecular complexity index is 723. The second-order valence-electron chi connectivity index (χ2n) is 6.13. The van der Waals surface area contributed by atoms with Crippen LogP contribution in [0.15, 0.2) is 42.5 Å². The standard InChI is InChI=1S/C19H21FN2O2/c1-13-17(20)3-2-4-18(13)21-19(24)14-5-7-15(8-6-14)22-11-9-16(23)10-12-22/h2-8,16,23H,9-12H2,1H3,(H,21,24). The minimum atomic E-state index is -0.338. The highest BCUT2D eigenvalue weighted by Gasteiger charge is 2.17. The molecule has 1 aliphatic heterocycles. The molecule has 0 aliphatic carbocycles. The van der Waals surface area contributed by atoms with Gasteiger partial charge in [-0.05, 0) is 56.2 Å². The fourth-order valence-electron chi connectivity index (χ4n) is 2.89. The zero-order valence-corrected chi connectivity index (χ0v) is 13.6. The lowest BCUT2D eigenvalue weighted by Crippen LogP contribution is -2.35. The van der Waals surface area contributed by atoms with E-state index in [1.54, 1.807) is 31.2 Å². The van der Waals surface area contributed by atoms with Crippen LogP contribution < -0.4 is 10.2 Å². The van der Waals surface area contributed by atoms with Crippen LogP contribution in [0.1, 0.15) is 28.8 Å². The Morgan fingerprint density at radius 2 is 1.83 bits per heavy atom. The Labute approximate surface area is 140 Å². The first-order chi connectivity index (χ1) is 11.5. The molecule has 2 aromatic carbocycles. The highest BCUT2D eigenvalue weighted by Crippen LogP contribution is 2.22. The minimum absolute atomic E-state index is 0.208. The summed E-state index contributed by atoms with van der Waals surface area (Å²) in [5, 5.41) is 12.3. The highest BCUT2D eigenvalue weighted by molar-refractivity contribution is 6.04. The zero-order chi connectivity index (χ0) is 17.1. The maximum absolute atomic E-state index is 13.5. The molecule has 126 valence electrons. The molecule has 2 N–H and O–H groups in total. The fraction of sp³-hybridized carbons (Fsp3) is 0.316. The number of nitrogens with one attached hydrogen (secondary N) is 1. The molecule has 2 aromatic rings. The fourth-order valence-corrected chi connectivity index (χ4v) is 2.89. The molecule has 0 radical (unpaired) electrons. The maximum Gasteiger partial charge on any atom is 0.255 e. The van der Waals surface area contributed by atoms with Crippen LogP contribution in [0.5, 0.6) is 0 Å². The van der Waals surface area contributed by atoms with E-state index in [9.17, 15) is 14.3 Å². The van der Waals surface area contributed by atoms with E-state index in [-0.39, 0.29) is 17.8 Å². The van der Waals surface area contributed by atoms with E-state index in [0.29, 0.717) is 16.8 Å². The third-order valence-corrected chi connectivity index (χ3v) is 4.48. The number of aliphatic hydroxyl groups is 1. The predicted molar refractivity (Wildman–Crippen MR) is 93.0 cm³/mol. The van der Waals surface area contributed by atoms with Gasteiger partial charge in [0, 0.05) is 35.6 Å². The number of piperidine rings is 1. The van der Waals surface area contributed by atoms with Gasteiger partial charge in [-0.2, -0.15) is 0 Å². The number of benzene rings is 2. The van der Waals surface area contributed by atoms with E-state index >= 15 is 0 Å². The van der Waals surface area contributed by atoms with Gasteiger partial charge in [0.2, 0.25) is 0 Å². The second-order valence-corrected chi connectivity index (χ2v) is 6.13. The Kier molecular flexibility index (Phi) is 4.81. The van der Waals surface area contributed by atoms with Crippen molar-refractivity contribution in [1.82, 2.24) is 0 Å². The summed E-state index contributed by atoms with van der Waals surface area (Å²) in [5.74, 6) is -0.597. The van der Waals surface area contributed by atoms with Crippen LogP contribution in [0, 0.1) is 12.7 Å². The summed E-state index contributed by atoms with van der Waals surface area (Å²) >= 11 is 0. The summed E-state index contributed by atoms with van der Waals surface area (Å²) in [6.45, 7) is 3.27. The summed E-state index contributed by atoms with van der Waals surface area (Å²) < 4.78 is 13.5. The number of rotatable bonds is 3. The van der Waals surface area contributed by atoms with Gasteiger partial charge in [0.25, 0.3) is 5.91 Å². The summed E-state index contributed by atoms with van der Waals surface area (Å²) in [6, 6.07) is 12.0. The van der Waals surface area contributed by atoms with Crippen LogP contribution in [-0.2, 0) is 0 Å². The van der Waals surface area contributed by atoms with Crippen molar-refractivity contribution >= 4 is 17.3 Å². The first-order valence-electron chi connectivity index (χ1n) is 8.14. The number of hydrogen-bond acceptors (Lipinski definition) is 3. The third-order valence-electron chi connectivity index (χ3n) is 4.48. The molecule has 3 rings (SSSR count). The summed E-state index contributed by atoms with van der Waals surface area (Å²) in [5.41, 5.74) is 2.48. The molecular weight excluding hydrogens is 307 g/mol. The normalized spacial score (nSPS) is 15.4. The van der Waals surface area contributed by atoms with Gasteiger partial charge in [-0.25, -0.2) is 4.39 Å². The Morgan fingerprint density at radius 3 is 2.50 bits per heavy atom. The Morgan fingerprint density at radius 1 is 1.17 bits per heavy atom. The van der Waals surface area contributed by atoms with Gasteiger partial charge in [0.05, 0.1) is 6.10 Å². The van der Waals surface area contributed by atoms with Crippen LogP contribution >= 0.6 is 0 Å². The van der Waals surface area contributed by atoms with Crippen LogP contribution in [0.4, 0.5) is 15.8 Å². The monoisotopic (exact) mass is 328 g/mol. The van der Waals surface area contributed by atoms with E-state index in [0.717, 1.165) is 31.6 Å². The number of carbonyl (C=O) groups is 1. The first-order valence-corrected chi connectivity index (χ1v) is 8.14. The second kappa shape index (κ2) is 7.01. The van der Waals surface area contributed by atoms with E-state index in [1.165, 1.54) is 6.07 Å². The SMILES string of the molecule is Cc1c(F)cccc1NC(=O)c1ccc(N2CCC(O)CC2)cc1. The molecule has 24 heavy (non-hydrogen) atoms. The van der Waals surface area contributed by atoms with Crippen molar-refractivity contribution in [3.8, 4) is 0 Å². The summed E-state index contributed by atoms with van der Waals surface area (Å²) in [4.78, 5) is 14.5. The highest BCUT2D eigenvalue weighted by atomic mass is 19.1. The van der Waals surface area contributed by atoms with Gasteiger partial charge >= 0.3 is 0 Å². The van der Waals surface area contributed by atoms with E-state index < -0.39 is 0 Å². The number of amides is 1. The van der Waals surface area contributed by atoms with E-state index in [1.807, 2.05) is 12.1 Å². The van der Waals surface area contributed by atoms with Crippen LogP contribution in [0.3, 0.4) is 0 Å². The van der Waals surface area contributed by atoms with Gasteiger partial charge in [0.1, 0.15) is 5.82 Å². The molecule has 0 atom stereocenters.